The SMILES string of the molecule is CSCCC(NC(=O)C(CO)NC(=O)C(N)CC(=O)O)C(=O)NC(CC(C)C)C(=O)O. The van der Waals surface area contributed by atoms with E-state index < -0.39 is 66.9 Å². The first-order chi connectivity index (χ1) is 14.4. The molecule has 13 heteroatoms. The van der Waals surface area contributed by atoms with Gasteiger partial charge in [-0.1, -0.05) is 13.8 Å². The van der Waals surface area contributed by atoms with Crippen molar-refractivity contribution in [3.63, 3.8) is 0 Å². The Morgan fingerprint density at radius 2 is 1.42 bits per heavy atom. The lowest BCUT2D eigenvalue weighted by molar-refractivity contribution is -0.142. The van der Waals surface area contributed by atoms with Crippen molar-refractivity contribution >= 4 is 41.4 Å². The molecule has 3 amide bonds. The van der Waals surface area contributed by atoms with Gasteiger partial charge >= 0.3 is 11.9 Å². The normalized spacial score (nSPS) is 14.8. The predicted molar refractivity (Wildman–Crippen MR) is 113 cm³/mol. The molecule has 178 valence electrons. The second kappa shape index (κ2) is 14.6. The molecule has 4 atom stereocenters. The van der Waals surface area contributed by atoms with Crippen LogP contribution in [-0.4, -0.2) is 87.8 Å². The number of amides is 3. The van der Waals surface area contributed by atoms with Gasteiger partial charge in [0.1, 0.15) is 18.1 Å². The molecule has 4 unspecified atom stereocenters. The van der Waals surface area contributed by atoms with E-state index in [9.17, 15) is 34.2 Å². The minimum Gasteiger partial charge on any atom is -0.481 e. The molecule has 0 aromatic rings. The van der Waals surface area contributed by atoms with Crippen molar-refractivity contribution in [2.24, 2.45) is 11.7 Å². The van der Waals surface area contributed by atoms with E-state index in [-0.39, 0.29) is 18.8 Å². The maximum absolute atomic E-state index is 12.6. The lowest BCUT2D eigenvalue weighted by atomic mass is 10.0. The molecule has 0 fully saturated rings. The fourth-order valence-electron chi connectivity index (χ4n) is 2.50. The summed E-state index contributed by atoms with van der Waals surface area (Å²) in [6.07, 6.45) is 1.49. The first-order valence-electron chi connectivity index (χ1n) is 9.63. The van der Waals surface area contributed by atoms with Crippen LogP contribution in [0.15, 0.2) is 0 Å². The number of thioether (sulfide) groups is 1. The maximum Gasteiger partial charge on any atom is 0.326 e. The van der Waals surface area contributed by atoms with Crippen LogP contribution in [0.1, 0.15) is 33.1 Å². The van der Waals surface area contributed by atoms with Crippen LogP contribution in [0.25, 0.3) is 0 Å². The Labute approximate surface area is 184 Å². The second-order valence-corrected chi connectivity index (χ2v) is 8.31. The summed E-state index contributed by atoms with van der Waals surface area (Å²) in [7, 11) is 0. The molecule has 31 heavy (non-hydrogen) atoms. The molecule has 0 aliphatic carbocycles. The van der Waals surface area contributed by atoms with Crippen LogP contribution in [0.5, 0.6) is 0 Å². The smallest absolute Gasteiger partial charge is 0.326 e. The van der Waals surface area contributed by atoms with E-state index in [0.29, 0.717) is 5.75 Å². The fourth-order valence-corrected chi connectivity index (χ4v) is 2.97. The number of carbonyl (C=O) groups is 5. The van der Waals surface area contributed by atoms with Crippen molar-refractivity contribution in [2.45, 2.75) is 57.3 Å². The Hall–Kier alpha value is -2.38. The zero-order valence-electron chi connectivity index (χ0n) is 17.8. The van der Waals surface area contributed by atoms with Gasteiger partial charge in [-0.05, 0) is 30.8 Å². The molecule has 0 saturated carbocycles. The van der Waals surface area contributed by atoms with Crippen LogP contribution in [-0.2, 0) is 24.0 Å². The molecule has 0 aliphatic rings. The Kier molecular flexibility index (Phi) is 13.5. The third-order valence-electron chi connectivity index (χ3n) is 4.11. The lowest BCUT2D eigenvalue weighted by Gasteiger charge is -2.24. The second-order valence-electron chi connectivity index (χ2n) is 7.32. The summed E-state index contributed by atoms with van der Waals surface area (Å²) in [6.45, 7) is 2.79. The highest BCUT2D eigenvalue weighted by Crippen LogP contribution is 2.07. The number of hydrogen-bond donors (Lipinski definition) is 7. The van der Waals surface area contributed by atoms with E-state index >= 15 is 0 Å². The van der Waals surface area contributed by atoms with Crippen molar-refractivity contribution in [2.75, 3.05) is 18.6 Å². The lowest BCUT2D eigenvalue weighted by Crippen LogP contribution is -2.58. The van der Waals surface area contributed by atoms with Crippen molar-refractivity contribution < 1.29 is 39.3 Å². The van der Waals surface area contributed by atoms with Crippen molar-refractivity contribution in [3.8, 4) is 0 Å². The van der Waals surface area contributed by atoms with E-state index in [1.807, 2.05) is 0 Å². The summed E-state index contributed by atoms with van der Waals surface area (Å²) in [5.74, 6) is -4.59. The minimum absolute atomic E-state index is 0.00429. The van der Waals surface area contributed by atoms with Gasteiger partial charge < -0.3 is 37.0 Å². The number of nitrogens with two attached hydrogens (primary N) is 1. The average molecular weight is 465 g/mol. The quantitative estimate of drug-likeness (QED) is 0.143. The monoisotopic (exact) mass is 464 g/mol. The molecule has 0 spiro atoms. The topological polar surface area (TPSA) is 208 Å². The molecule has 0 saturated heterocycles. The van der Waals surface area contributed by atoms with E-state index in [4.69, 9.17) is 10.8 Å². The summed E-state index contributed by atoms with van der Waals surface area (Å²) in [4.78, 5) is 59.1. The van der Waals surface area contributed by atoms with Crippen molar-refractivity contribution in [1.29, 1.82) is 0 Å². The van der Waals surface area contributed by atoms with Crippen LogP contribution >= 0.6 is 11.8 Å². The number of nitrogens with one attached hydrogen (secondary N) is 3. The number of hydrogen-bond acceptors (Lipinski definition) is 8. The molecule has 0 aliphatic heterocycles. The first-order valence-corrected chi connectivity index (χ1v) is 11.0. The molecule has 0 rings (SSSR count). The third kappa shape index (κ3) is 11.5. The molecular formula is C18H32N4O8S. The highest BCUT2D eigenvalue weighted by molar-refractivity contribution is 7.98. The molecule has 0 heterocycles. The Morgan fingerprint density at radius 1 is 0.903 bits per heavy atom. The van der Waals surface area contributed by atoms with E-state index in [1.165, 1.54) is 11.8 Å². The van der Waals surface area contributed by atoms with Crippen molar-refractivity contribution in [1.82, 2.24) is 16.0 Å². The molecule has 0 radical (unpaired) electrons. The van der Waals surface area contributed by atoms with Crippen LogP contribution in [0.3, 0.4) is 0 Å². The third-order valence-corrected chi connectivity index (χ3v) is 4.76. The molecule has 0 aromatic carbocycles. The predicted octanol–water partition coefficient (Wildman–Crippen LogP) is -1.88. The van der Waals surface area contributed by atoms with E-state index in [2.05, 4.69) is 16.0 Å². The number of carbonyl (C=O) groups excluding carboxylic acids is 3. The number of carboxylic acid groups (broad SMARTS) is 2. The van der Waals surface area contributed by atoms with Gasteiger partial charge in [-0.15, -0.1) is 0 Å². The summed E-state index contributed by atoms with van der Waals surface area (Å²) in [6, 6.07) is -5.14. The van der Waals surface area contributed by atoms with Gasteiger partial charge in [0.2, 0.25) is 17.7 Å². The standard InChI is InChI=1S/C18H32N4O8S/c1-9(2)6-12(18(29)30)21-16(27)11(4-5-31-3)20-17(28)13(8-23)22-15(26)10(19)7-14(24)25/h9-13,23H,4-8,19H2,1-3H3,(H,20,28)(H,21,27)(H,22,26)(H,24,25)(H,29,30). The van der Waals surface area contributed by atoms with Crippen molar-refractivity contribution in [3.05, 3.63) is 0 Å². The highest BCUT2D eigenvalue weighted by Gasteiger charge is 2.30. The average Bonchev–Trinajstić information content (AvgIpc) is 2.67. The Morgan fingerprint density at radius 3 is 1.87 bits per heavy atom. The van der Waals surface area contributed by atoms with Crippen LogP contribution in [0.2, 0.25) is 0 Å². The number of aliphatic hydroxyl groups excluding tert-OH is 1. The van der Waals surface area contributed by atoms with E-state index in [0.717, 1.165) is 0 Å². The van der Waals surface area contributed by atoms with Gasteiger partial charge in [0.05, 0.1) is 19.1 Å². The molecule has 0 aromatic heterocycles. The number of carboxylic acids is 2. The zero-order valence-corrected chi connectivity index (χ0v) is 18.6. The summed E-state index contributed by atoms with van der Waals surface area (Å²) < 4.78 is 0. The summed E-state index contributed by atoms with van der Waals surface area (Å²) >= 11 is 1.41. The zero-order chi connectivity index (χ0) is 24.1. The van der Waals surface area contributed by atoms with Crippen LogP contribution in [0.4, 0.5) is 0 Å². The van der Waals surface area contributed by atoms with Gasteiger partial charge in [0, 0.05) is 0 Å². The number of rotatable bonds is 15. The Bertz CT molecular complexity index is 646. The van der Waals surface area contributed by atoms with Crippen LogP contribution < -0.4 is 21.7 Å². The van der Waals surface area contributed by atoms with Crippen LogP contribution in [0, 0.1) is 5.92 Å². The number of aliphatic hydroxyl groups is 1. The van der Waals surface area contributed by atoms with E-state index in [1.54, 1.807) is 20.1 Å². The summed E-state index contributed by atoms with van der Waals surface area (Å²) in [5, 5.41) is 34.4. The molecular weight excluding hydrogens is 432 g/mol. The molecule has 8 N–H and O–H groups in total. The van der Waals surface area contributed by atoms with Gasteiger partial charge in [-0.25, -0.2) is 4.79 Å². The molecule has 0 bridgehead atoms. The maximum atomic E-state index is 12.6. The summed E-state index contributed by atoms with van der Waals surface area (Å²) in [5.41, 5.74) is 5.43. The Balaban J connectivity index is 5.22. The highest BCUT2D eigenvalue weighted by atomic mass is 32.2. The fraction of sp³-hybridized carbons (Fsp3) is 0.722. The first kappa shape index (κ1) is 28.6. The molecule has 12 nitrogen and oxygen atoms in total. The van der Waals surface area contributed by atoms with Gasteiger partial charge in [0.15, 0.2) is 0 Å². The minimum atomic E-state index is -1.47. The van der Waals surface area contributed by atoms with Gasteiger partial charge in [-0.3, -0.25) is 19.2 Å². The van der Waals surface area contributed by atoms with Gasteiger partial charge in [0.25, 0.3) is 0 Å². The van der Waals surface area contributed by atoms with Gasteiger partial charge in [-0.2, -0.15) is 11.8 Å². The largest absolute Gasteiger partial charge is 0.481 e. The number of aliphatic carboxylic acids is 2.